The Hall–Kier alpha value is 0.260. The molecule has 0 aliphatic heterocycles. The summed E-state index contributed by atoms with van der Waals surface area (Å²) >= 11 is 0.253. The van der Waals surface area contributed by atoms with Crippen LogP contribution in [0.3, 0.4) is 0 Å². The van der Waals surface area contributed by atoms with Crippen molar-refractivity contribution in [1.82, 2.24) is 0 Å². The number of ether oxygens (including phenoxy) is 1. The van der Waals surface area contributed by atoms with Crippen LogP contribution in [0.4, 0.5) is 0 Å². The molecule has 0 N–H and O–H groups in total. The molecule has 0 atom stereocenters. The van der Waals surface area contributed by atoms with Crippen molar-refractivity contribution in [2.24, 2.45) is 0 Å². The standard InChI is InChI=1S/C12H24O2Te/c1-3-4-5-7-10-15-11-8-6-9-12(13)14-2/h3-11H2,1-2H3. The molecule has 0 heterocycles. The number of methoxy groups -OCH3 is 1. The van der Waals surface area contributed by atoms with E-state index in [1.165, 1.54) is 48.2 Å². The molecule has 0 aromatic carbocycles. The van der Waals surface area contributed by atoms with Crippen LogP contribution in [0.15, 0.2) is 0 Å². The molecule has 0 bridgehead atoms. The van der Waals surface area contributed by atoms with Crippen LogP contribution in [0.1, 0.15) is 51.9 Å². The first-order chi connectivity index (χ1) is 7.31. The SMILES string of the molecule is CCCCCC[Te]CCCCC(=O)OC. The third-order valence-electron chi connectivity index (χ3n) is 2.29. The van der Waals surface area contributed by atoms with Gasteiger partial charge >= 0.3 is 104 Å². The molecule has 0 rings (SSSR count). The van der Waals surface area contributed by atoms with Crippen LogP contribution >= 0.6 is 0 Å². The normalized spacial score (nSPS) is 10.3. The summed E-state index contributed by atoms with van der Waals surface area (Å²) in [6.45, 7) is 2.25. The first-order valence-corrected chi connectivity index (χ1v) is 9.25. The summed E-state index contributed by atoms with van der Waals surface area (Å²) in [5.41, 5.74) is 0. The molecule has 0 radical (unpaired) electrons. The number of rotatable bonds is 10. The van der Waals surface area contributed by atoms with Crippen LogP contribution in [-0.2, 0) is 9.53 Å². The van der Waals surface area contributed by atoms with E-state index in [1.54, 1.807) is 0 Å². The van der Waals surface area contributed by atoms with Gasteiger partial charge in [0.25, 0.3) is 0 Å². The van der Waals surface area contributed by atoms with Crippen LogP contribution in [0.2, 0.25) is 8.94 Å². The van der Waals surface area contributed by atoms with E-state index in [0.29, 0.717) is 6.42 Å². The third-order valence-corrected chi connectivity index (χ3v) is 5.59. The van der Waals surface area contributed by atoms with Crippen molar-refractivity contribution in [3.05, 3.63) is 0 Å². The Morgan fingerprint density at radius 2 is 1.73 bits per heavy atom. The predicted octanol–water partition coefficient (Wildman–Crippen LogP) is 3.45. The van der Waals surface area contributed by atoms with E-state index < -0.39 is 0 Å². The maximum atomic E-state index is 10.8. The van der Waals surface area contributed by atoms with Crippen molar-refractivity contribution in [2.45, 2.75) is 60.8 Å². The maximum absolute atomic E-state index is 10.8. The van der Waals surface area contributed by atoms with Gasteiger partial charge in [-0.3, -0.25) is 0 Å². The molecular weight excluding hydrogens is 304 g/mol. The molecule has 0 unspecified atom stereocenters. The number of hydrogen-bond acceptors (Lipinski definition) is 2. The van der Waals surface area contributed by atoms with Gasteiger partial charge in [-0.1, -0.05) is 0 Å². The van der Waals surface area contributed by atoms with E-state index in [2.05, 4.69) is 11.7 Å². The number of hydrogen-bond donors (Lipinski definition) is 0. The van der Waals surface area contributed by atoms with E-state index in [1.807, 2.05) is 0 Å². The van der Waals surface area contributed by atoms with Crippen molar-refractivity contribution >= 4 is 26.9 Å². The number of carbonyl (C=O) groups excluding carboxylic acids is 1. The average molecular weight is 328 g/mol. The van der Waals surface area contributed by atoms with Crippen LogP contribution in [0.25, 0.3) is 0 Å². The monoisotopic (exact) mass is 330 g/mol. The van der Waals surface area contributed by atoms with Gasteiger partial charge in [0.05, 0.1) is 0 Å². The van der Waals surface area contributed by atoms with Crippen LogP contribution < -0.4 is 0 Å². The van der Waals surface area contributed by atoms with E-state index in [-0.39, 0.29) is 26.9 Å². The predicted molar refractivity (Wildman–Crippen MR) is 65.4 cm³/mol. The second kappa shape index (κ2) is 12.3. The van der Waals surface area contributed by atoms with Gasteiger partial charge in [0.15, 0.2) is 0 Å². The number of carbonyl (C=O) groups is 1. The molecule has 0 aromatic heterocycles. The average Bonchev–Trinajstić information content (AvgIpc) is 2.26. The van der Waals surface area contributed by atoms with Gasteiger partial charge in [-0.25, -0.2) is 0 Å². The summed E-state index contributed by atoms with van der Waals surface area (Å²) in [6.07, 6.45) is 8.45. The van der Waals surface area contributed by atoms with Gasteiger partial charge in [0.1, 0.15) is 0 Å². The zero-order chi connectivity index (χ0) is 11.4. The van der Waals surface area contributed by atoms with Crippen LogP contribution in [0, 0.1) is 0 Å². The molecule has 0 aromatic rings. The summed E-state index contributed by atoms with van der Waals surface area (Å²) < 4.78 is 7.48. The molecule has 90 valence electrons. The van der Waals surface area contributed by atoms with E-state index in [9.17, 15) is 4.79 Å². The number of esters is 1. The van der Waals surface area contributed by atoms with Crippen LogP contribution in [-0.4, -0.2) is 34.0 Å². The van der Waals surface area contributed by atoms with Crippen molar-refractivity contribution in [2.75, 3.05) is 7.11 Å². The van der Waals surface area contributed by atoms with E-state index in [0.717, 1.165) is 6.42 Å². The zero-order valence-corrected chi connectivity index (χ0v) is 12.4. The van der Waals surface area contributed by atoms with Crippen molar-refractivity contribution < 1.29 is 9.53 Å². The second-order valence-electron chi connectivity index (χ2n) is 3.71. The van der Waals surface area contributed by atoms with Gasteiger partial charge in [-0.2, -0.15) is 0 Å². The van der Waals surface area contributed by atoms with Gasteiger partial charge < -0.3 is 0 Å². The molecule has 0 fully saturated rings. The van der Waals surface area contributed by atoms with Gasteiger partial charge in [-0.05, 0) is 0 Å². The summed E-state index contributed by atoms with van der Waals surface area (Å²) in [4.78, 5) is 10.8. The zero-order valence-electron chi connectivity index (χ0n) is 10.1. The summed E-state index contributed by atoms with van der Waals surface area (Å²) in [6, 6.07) is 0. The first-order valence-electron chi connectivity index (χ1n) is 5.95. The third kappa shape index (κ3) is 12.2. The first kappa shape index (κ1) is 15.3. The Bertz CT molecular complexity index is 149. The minimum absolute atomic E-state index is 0.0569. The Morgan fingerprint density at radius 3 is 2.33 bits per heavy atom. The molecule has 0 aliphatic rings. The fraction of sp³-hybridized carbons (Fsp3) is 0.917. The van der Waals surface area contributed by atoms with E-state index in [4.69, 9.17) is 0 Å². The molecule has 0 aliphatic carbocycles. The van der Waals surface area contributed by atoms with Crippen LogP contribution in [0.5, 0.6) is 0 Å². The molecule has 3 heteroatoms. The Morgan fingerprint density at radius 1 is 1.07 bits per heavy atom. The van der Waals surface area contributed by atoms with Gasteiger partial charge in [0, 0.05) is 0 Å². The summed E-state index contributed by atoms with van der Waals surface area (Å²) in [7, 11) is 1.46. The quantitative estimate of drug-likeness (QED) is 0.349. The molecule has 0 spiro atoms. The Balaban J connectivity index is 2.95. The fourth-order valence-corrected chi connectivity index (χ4v) is 4.22. The molecular formula is C12H24O2Te. The molecule has 0 saturated carbocycles. The molecule has 0 amide bonds. The number of unbranched alkanes of at least 4 members (excludes halogenated alkanes) is 4. The summed E-state index contributed by atoms with van der Waals surface area (Å²) in [5.74, 6) is -0.0569. The van der Waals surface area contributed by atoms with Crippen molar-refractivity contribution in [3.63, 3.8) is 0 Å². The van der Waals surface area contributed by atoms with Gasteiger partial charge in [-0.15, -0.1) is 0 Å². The molecule has 15 heavy (non-hydrogen) atoms. The van der Waals surface area contributed by atoms with Crippen molar-refractivity contribution in [1.29, 1.82) is 0 Å². The topological polar surface area (TPSA) is 26.3 Å². The Labute approximate surface area is 104 Å². The Kier molecular flexibility index (Phi) is 12.5. The van der Waals surface area contributed by atoms with E-state index >= 15 is 0 Å². The minimum atomic E-state index is -0.0569. The van der Waals surface area contributed by atoms with Crippen molar-refractivity contribution in [3.8, 4) is 0 Å². The fourth-order valence-electron chi connectivity index (χ4n) is 1.31. The molecule has 2 nitrogen and oxygen atoms in total. The van der Waals surface area contributed by atoms with Gasteiger partial charge in [0.2, 0.25) is 0 Å². The summed E-state index contributed by atoms with van der Waals surface area (Å²) in [5, 5.41) is 0. The second-order valence-corrected chi connectivity index (χ2v) is 7.20. The molecule has 0 saturated heterocycles.